The van der Waals surface area contributed by atoms with Crippen LogP contribution in [0.15, 0.2) is 54.6 Å². The molecular formula is C22H24N2O5S. The van der Waals surface area contributed by atoms with Crippen molar-refractivity contribution < 1.29 is 22.7 Å². The van der Waals surface area contributed by atoms with E-state index < -0.39 is 33.4 Å². The molecule has 0 aliphatic heterocycles. The average molecular weight is 429 g/mol. The van der Waals surface area contributed by atoms with Crippen molar-refractivity contribution in [2.24, 2.45) is 5.92 Å². The fourth-order valence-corrected chi connectivity index (χ4v) is 4.29. The number of nitrogens with zero attached hydrogens (tertiary/aromatic N) is 2. The first-order chi connectivity index (χ1) is 14.2. The molecule has 0 heterocycles. The summed E-state index contributed by atoms with van der Waals surface area (Å²) in [7, 11) is -2.47. The fraction of sp³-hybridized carbons (Fsp3) is 0.318. The van der Waals surface area contributed by atoms with Crippen LogP contribution in [0.2, 0.25) is 0 Å². The molecule has 0 fully saturated rings. The summed E-state index contributed by atoms with van der Waals surface area (Å²) in [6, 6.07) is 17.3. The minimum absolute atomic E-state index is 0.0484. The third-order valence-corrected chi connectivity index (χ3v) is 5.94. The van der Waals surface area contributed by atoms with Crippen molar-refractivity contribution in [1.82, 2.24) is 4.90 Å². The molecule has 0 aliphatic carbocycles. The zero-order valence-electron chi connectivity index (χ0n) is 16.9. The maximum Gasteiger partial charge on any atom is 0.310 e. The first-order valence-corrected chi connectivity index (χ1v) is 11.1. The van der Waals surface area contributed by atoms with Gasteiger partial charge in [-0.15, -0.1) is 0 Å². The zero-order valence-corrected chi connectivity index (χ0v) is 17.8. The van der Waals surface area contributed by atoms with Crippen molar-refractivity contribution >= 4 is 21.7 Å². The van der Waals surface area contributed by atoms with Crippen LogP contribution in [0.1, 0.15) is 23.6 Å². The number of hydrogen-bond donors (Lipinski definition) is 0. The second-order valence-electron chi connectivity index (χ2n) is 7.03. The van der Waals surface area contributed by atoms with Gasteiger partial charge >= 0.3 is 5.97 Å². The van der Waals surface area contributed by atoms with Gasteiger partial charge in [-0.2, -0.15) is 5.26 Å². The van der Waals surface area contributed by atoms with Crippen molar-refractivity contribution in [3.05, 3.63) is 71.3 Å². The number of methoxy groups -OCH3 is 1. The summed E-state index contributed by atoms with van der Waals surface area (Å²) in [5, 5.41) is 8.84. The summed E-state index contributed by atoms with van der Waals surface area (Å²) in [4.78, 5) is 26.0. The van der Waals surface area contributed by atoms with E-state index in [2.05, 4.69) is 0 Å². The van der Waals surface area contributed by atoms with Gasteiger partial charge in [0, 0.05) is 13.1 Å². The molecule has 8 heteroatoms. The summed E-state index contributed by atoms with van der Waals surface area (Å²) < 4.78 is 29.9. The van der Waals surface area contributed by atoms with E-state index in [0.29, 0.717) is 11.1 Å². The van der Waals surface area contributed by atoms with Crippen molar-refractivity contribution in [3.63, 3.8) is 0 Å². The van der Waals surface area contributed by atoms with Gasteiger partial charge in [0.1, 0.15) is 5.75 Å². The second kappa shape index (κ2) is 10.6. The van der Waals surface area contributed by atoms with Crippen LogP contribution in [0.3, 0.4) is 0 Å². The Kier molecular flexibility index (Phi) is 8.13. The number of benzene rings is 2. The Morgan fingerprint density at radius 3 is 2.27 bits per heavy atom. The predicted octanol–water partition coefficient (Wildman–Crippen LogP) is 2.31. The summed E-state index contributed by atoms with van der Waals surface area (Å²) in [6.07, 6.45) is 0. The molecule has 0 aromatic heterocycles. The van der Waals surface area contributed by atoms with Gasteiger partial charge in [-0.05, 0) is 23.3 Å². The first kappa shape index (κ1) is 23.1. The highest BCUT2D eigenvalue weighted by Gasteiger charge is 2.26. The minimum Gasteiger partial charge on any atom is -0.469 e. The van der Waals surface area contributed by atoms with E-state index in [1.165, 1.54) is 24.1 Å². The van der Waals surface area contributed by atoms with Crippen molar-refractivity contribution in [2.75, 3.05) is 19.4 Å². The quantitative estimate of drug-likeness (QED) is 0.568. The molecule has 1 unspecified atom stereocenters. The highest BCUT2D eigenvalue weighted by atomic mass is 32.2. The number of nitriles is 1. The third kappa shape index (κ3) is 7.01. The molecule has 7 nitrogen and oxygen atoms in total. The van der Waals surface area contributed by atoms with E-state index in [-0.39, 0.29) is 18.8 Å². The number of hydrogen-bond acceptors (Lipinski definition) is 6. The van der Waals surface area contributed by atoms with Gasteiger partial charge in [0.15, 0.2) is 9.84 Å². The lowest BCUT2D eigenvalue weighted by Crippen LogP contribution is -2.40. The standard InChI is InChI=1S/C22H24N2O5S/c1-17(22(26)29-2)13-24(14-19-6-4-3-5-7-19)21(25)16-30(27,28)15-20-10-8-18(12-23)9-11-20/h3-11,17H,13-16H2,1-2H3. The van der Waals surface area contributed by atoms with Crippen LogP contribution >= 0.6 is 0 Å². The SMILES string of the molecule is COC(=O)C(C)CN(Cc1ccccc1)C(=O)CS(=O)(=O)Cc1ccc(C#N)cc1. The van der Waals surface area contributed by atoms with E-state index in [9.17, 15) is 18.0 Å². The molecule has 158 valence electrons. The van der Waals surface area contributed by atoms with Crippen LogP contribution in [0.25, 0.3) is 0 Å². The van der Waals surface area contributed by atoms with E-state index in [4.69, 9.17) is 10.00 Å². The first-order valence-electron chi connectivity index (χ1n) is 9.33. The lowest BCUT2D eigenvalue weighted by Gasteiger charge is -2.25. The van der Waals surface area contributed by atoms with Gasteiger partial charge in [-0.1, -0.05) is 49.4 Å². The lowest BCUT2D eigenvalue weighted by molar-refractivity contribution is -0.146. The maximum atomic E-state index is 12.9. The Morgan fingerprint density at radius 1 is 1.07 bits per heavy atom. The molecule has 0 spiro atoms. The third-order valence-electron chi connectivity index (χ3n) is 4.48. The summed E-state index contributed by atoms with van der Waals surface area (Å²) in [6.45, 7) is 1.86. The number of sulfone groups is 1. The average Bonchev–Trinajstić information content (AvgIpc) is 2.73. The van der Waals surface area contributed by atoms with Crippen LogP contribution in [0.5, 0.6) is 0 Å². The van der Waals surface area contributed by atoms with E-state index >= 15 is 0 Å². The number of carbonyl (C=O) groups excluding carboxylic acids is 2. The summed E-state index contributed by atoms with van der Waals surface area (Å²) in [5.41, 5.74) is 1.75. The van der Waals surface area contributed by atoms with E-state index in [1.807, 2.05) is 36.4 Å². The molecule has 0 bridgehead atoms. The van der Waals surface area contributed by atoms with Crippen molar-refractivity contribution in [1.29, 1.82) is 5.26 Å². The molecule has 0 aliphatic rings. The number of rotatable bonds is 9. The number of carbonyl (C=O) groups is 2. The largest absolute Gasteiger partial charge is 0.469 e. The van der Waals surface area contributed by atoms with Gasteiger partial charge in [-0.3, -0.25) is 9.59 Å². The highest BCUT2D eigenvalue weighted by Crippen LogP contribution is 2.13. The molecule has 0 saturated carbocycles. The van der Waals surface area contributed by atoms with Crippen molar-refractivity contribution in [3.8, 4) is 6.07 Å². The highest BCUT2D eigenvalue weighted by molar-refractivity contribution is 7.91. The normalized spacial score (nSPS) is 11.9. The Morgan fingerprint density at radius 2 is 1.70 bits per heavy atom. The molecule has 2 aromatic rings. The lowest BCUT2D eigenvalue weighted by atomic mass is 10.1. The topological polar surface area (TPSA) is 105 Å². The zero-order chi connectivity index (χ0) is 22.1. The monoisotopic (exact) mass is 428 g/mol. The van der Waals surface area contributed by atoms with Gasteiger partial charge in [0.05, 0.1) is 30.4 Å². The number of amides is 1. The van der Waals surface area contributed by atoms with Gasteiger partial charge < -0.3 is 9.64 Å². The van der Waals surface area contributed by atoms with Crippen LogP contribution in [-0.2, 0) is 36.5 Å². The van der Waals surface area contributed by atoms with Gasteiger partial charge in [0.2, 0.25) is 5.91 Å². The van der Waals surface area contributed by atoms with Crippen LogP contribution in [0, 0.1) is 17.2 Å². The Labute approximate surface area is 176 Å². The number of esters is 1. The fourth-order valence-electron chi connectivity index (χ4n) is 2.92. The molecule has 2 rings (SSSR count). The predicted molar refractivity (Wildman–Crippen MR) is 112 cm³/mol. The molecule has 30 heavy (non-hydrogen) atoms. The molecular weight excluding hydrogens is 404 g/mol. The smallest absolute Gasteiger partial charge is 0.310 e. The molecule has 2 aromatic carbocycles. The van der Waals surface area contributed by atoms with Crippen LogP contribution in [-0.4, -0.2) is 44.6 Å². The van der Waals surface area contributed by atoms with Gasteiger partial charge in [-0.25, -0.2) is 8.42 Å². The second-order valence-corrected chi connectivity index (χ2v) is 9.09. The maximum absolute atomic E-state index is 12.9. The molecule has 1 amide bonds. The minimum atomic E-state index is -3.74. The van der Waals surface area contributed by atoms with Gasteiger partial charge in [0.25, 0.3) is 0 Å². The summed E-state index contributed by atoms with van der Waals surface area (Å²) in [5.74, 6) is -2.63. The molecule has 0 radical (unpaired) electrons. The van der Waals surface area contributed by atoms with Crippen molar-refractivity contribution in [2.45, 2.75) is 19.2 Å². The Balaban J connectivity index is 2.14. The summed E-state index contributed by atoms with van der Waals surface area (Å²) >= 11 is 0. The number of ether oxygens (including phenoxy) is 1. The van der Waals surface area contributed by atoms with E-state index in [1.54, 1.807) is 19.1 Å². The Hall–Kier alpha value is -3.18. The van der Waals surface area contributed by atoms with Crippen LogP contribution in [0.4, 0.5) is 0 Å². The Bertz CT molecular complexity index is 1010. The van der Waals surface area contributed by atoms with Crippen LogP contribution < -0.4 is 0 Å². The molecule has 1 atom stereocenters. The molecule has 0 N–H and O–H groups in total. The van der Waals surface area contributed by atoms with E-state index in [0.717, 1.165) is 5.56 Å². The molecule has 0 saturated heterocycles.